The van der Waals surface area contributed by atoms with Crippen molar-refractivity contribution in [3.8, 4) is 0 Å². The molecule has 0 aliphatic heterocycles. The summed E-state index contributed by atoms with van der Waals surface area (Å²) in [6, 6.07) is 3.39. The molecule has 1 unspecified atom stereocenters. The van der Waals surface area contributed by atoms with E-state index in [1.807, 2.05) is 6.08 Å². The predicted molar refractivity (Wildman–Crippen MR) is 194 cm³/mol. The van der Waals surface area contributed by atoms with Crippen LogP contribution in [0.25, 0.3) is 0 Å². The molecule has 0 radical (unpaired) electrons. The lowest BCUT2D eigenvalue weighted by Gasteiger charge is -2.42. The SMILES string of the molecule is C=CC1=CCCC2=C(C)CCC[C@]12C(=O)OC/C(CCCC(O[Si](C)(C)C(C)(C)C)C(C)C)=C(/C)CO[Si](CC)(CC)CC. The normalized spacial score (nSPS) is 21.1. The zero-order valence-electron chi connectivity index (χ0n) is 30.8. The smallest absolute Gasteiger partial charge is 0.321 e. The highest BCUT2D eigenvalue weighted by Crippen LogP contribution is 2.52. The summed E-state index contributed by atoms with van der Waals surface area (Å²) >= 11 is 0. The summed E-state index contributed by atoms with van der Waals surface area (Å²) in [7, 11) is -3.61. The van der Waals surface area contributed by atoms with E-state index in [4.69, 9.17) is 13.6 Å². The van der Waals surface area contributed by atoms with Crippen LogP contribution in [0.3, 0.4) is 0 Å². The fourth-order valence-electron chi connectivity index (χ4n) is 6.88. The molecule has 2 atom stereocenters. The van der Waals surface area contributed by atoms with Crippen molar-refractivity contribution >= 4 is 22.6 Å². The molecule has 0 N–H and O–H groups in total. The van der Waals surface area contributed by atoms with E-state index in [1.165, 1.54) is 22.3 Å². The Labute approximate surface area is 274 Å². The van der Waals surface area contributed by atoms with Crippen molar-refractivity contribution < 1.29 is 18.4 Å². The van der Waals surface area contributed by atoms with Crippen molar-refractivity contribution in [2.75, 3.05) is 13.2 Å². The van der Waals surface area contributed by atoms with E-state index in [2.05, 4.69) is 95.0 Å². The van der Waals surface area contributed by atoms with Crippen molar-refractivity contribution in [3.63, 3.8) is 0 Å². The van der Waals surface area contributed by atoms with E-state index < -0.39 is 22.0 Å². The van der Waals surface area contributed by atoms with Gasteiger partial charge in [0.25, 0.3) is 0 Å². The van der Waals surface area contributed by atoms with Gasteiger partial charge in [-0.2, -0.15) is 0 Å². The molecule has 0 amide bonds. The molecule has 0 aromatic rings. The maximum absolute atomic E-state index is 14.2. The number of allylic oxidation sites excluding steroid dienone is 3. The van der Waals surface area contributed by atoms with Crippen LogP contribution in [0.5, 0.6) is 0 Å². The maximum Gasteiger partial charge on any atom is 0.321 e. The third-order valence-corrected chi connectivity index (χ3v) is 20.6. The van der Waals surface area contributed by atoms with Gasteiger partial charge in [0.2, 0.25) is 0 Å². The summed E-state index contributed by atoms with van der Waals surface area (Å²) in [5, 5.41) is 0.184. The fraction of sp³-hybridized carbons (Fsp3) is 0.763. The number of hydrogen-bond acceptors (Lipinski definition) is 4. The largest absolute Gasteiger partial charge is 0.460 e. The molecule has 2 rings (SSSR count). The third kappa shape index (κ3) is 9.20. The molecule has 2 aliphatic rings. The Morgan fingerprint density at radius 3 is 2.27 bits per heavy atom. The number of carbonyl (C=O) groups excluding carboxylic acids is 1. The van der Waals surface area contributed by atoms with Gasteiger partial charge in [-0.1, -0.05) is 79.7 Å². The molecule has 44 heavy (non-hydrogen) atoms. The van der Waals surface area contributed by atoms with Gasteiger partial charge >= 0.3 is 5.97 Å². The number of esters is 1. The molecule has 0 bridgehead atoms. The van der Waals surface area contributed by atoms with E-state index in [0.29, 0.717) is 19.1 Å². The lowest BCUT2D eigenvalue weighted by Crippen LogP contribution is -2.45. The van der Waals surface area contributed by atoms with Gasteiger partial charge < -0.3 is 13.6 Å². The minimum atomic E-state index is -1.87. The van der Waals surface area contributed by atoms with Crippen LogP contribution in [0.2, 0.25) is 36.3 Å². The molecule has 6 heteroatoms. The molecule has 0 saturated carbocycles. The number of carbonyl (C=O) groups is 1. The van der Waals surface area contributed by atoms with E-state index in [0.717, 1.165) is 75.1 Å². The zero-order valence-corrected chi connectivity index (χ0v) is 32.8. The number of fused-ring (bicyclic) bond motifs is 1. The van der Waals surface area contributed by atoms with Crippen molar-refractivity contribution in [2.24, 2.45) is 11.3 Å². The van der Waals surface area contributed by atoms with Gasteiger partial charge in [0.1, 0.15) is 12.0 Å². The van der Waals surface area contributed by atoms with Crippen molar-refractivity contribution in [2.45, 2.75) is 163 Å². The lowest BCUT2D eigenvalue weighted by atomic mass is 9.62. The van der Waals surface area contributed by atoms with Crippen LogP contribution < -0.4 is 0 Å². The van der Waals surface area contributed by atoms with Crippen LogP contribution in [-0.2, 0) is 18.4 Å². The van der Waals surface area contributed by atoms with Gasteiger partial charge in [-0.15, -0.1) is 0 Å². The van der Waals surface area contributed by atoms with E-state index in [9.17, 15) is 4.79 Å². The Hall–Kier alpha value is -1.22. The number of ether oxygens (including phenoxy) is 1. The molecule has 0 aromatic carbocycles. The van der Waals surface area contributed by atoms with E-state index in [-0.39, 0.29) is 17.1 Å². The van der Waals surface area contributed by atoms with Crippen LogP contribution in [0.1, 0.15) is 121 Å². The average molecular weight is 645 g/mol. The average Bonchev–Trinajstić information content (AvgIpc) is 2.97. The van der Waals surface area contributed by atoms with Gasteiger partial charge in [0, 0.05) is 6.10 Å². The first-order valence-electron chi connectivity index (χ1n) is 17.7. The van der Waals surface area contributed by atoms with Gasteiger partial charge in [-0.25, -0.2) is 0 Å². The third-order valence-electron chi connectivity index (χ3n) is 11.4. The topological polar surface area (TPSA) is 44.8 Å². The van der Waals surface area contributed by atoms with Gasteiger partial charge in [0.15, 0.2) is 16.6 Å². The summed E-state index contributed by atoms with van der Waals surface area (Å²) in [4.78, 5) is 14.2. The summed E-state index contributed by atoms with van der Waals surface area (Å²) in [5.41, 5.74) is 5.47. The highest BCUT2D eigenvalue weighted by Gasteiger charge is 2.49. The van der Waals surface area contributed by atoms with Crippen molar-refractivity contribution in [1.29, 1.82) is 0 Å². The molecule has 0 spiro atoms. The Kier molecular flexibility index (Phi) is 14.7. The van der Waals surface area contributed by atoms with Crippen LogP contribution in [-0.4, -0.2) is 41.9 Å². The zero-order chi connectivity index (χ0) is 33.3. The highest BCUT2D eigenvalue weighted by atomic mass is 28.4. The van der Waals surface area contributed by atoms with Gasteiger partial charge in [-0.3, -0.25) is 4.79 Å². The van der Waals surface area contributed by atoms with Crippen LogP contribution in [0.4, 0.5) is 0 Å². The van der Waals surface area contributed by atoms with Gasteiger partial charge in [0.05, 0.1) is 6.61 Å². The van der Waals surface area contributed by atoms with Crippen LogP contribution in [0, 0.1) is 11.3 Å². The Morgan fingerprint density at radius 2 is 1.73 bits per heavy atom. The van der Waals surface area contributed by atoms with Crippen molar-refractivity contribution in [3.05, 3.63) is 46.6 Å². The number of rotatable bonds is 17. The molecule has 0 heterocycles. The lowest BCUT2D eigenvalue weighted by molar-refractivity contribution is -0.151. The monoisotopic (exact) mass is 644 g/mol. The summed E-state index contributed by atoms with van der Waals surface area (Å²) in [5.74, 6) is 0.364. The Bertz CT molecular complexity index is 1060. The first-order chi connectivity index (χ1) is 20.5. The molecule has 0 saturated heterocycles. The molecular weight excluding hydrogens is 577 g/mol. The second kappa shape index (κ2) is 16.6. The Balaban J connectivity index is 2.31. The summed E-state index contributed by atoms with van der Waals surface area (Å²) < 4.78 is 20.0. The molecule has 252 valence electrons. The summed E-state index contributed by atoms with van der Waals surface area (Å²) in [6.45, 7) is 32.5. The second-order valence-corrected chi connectivity index (χ2v) is 25.0. The summed E-state index contributed by atoms with van der Waals surface area (Å²) in [6.07, 6.45) is 12.1. The highest BCUT2D eigenvalue weighted by molar-refractivity contribution is 6.74. The fourth-order valence-corrected chi connectivity index (χ4v) is 11.0. The molecular formula is C38H68O4Si2. The first kappa shape index (κ1) is 39.0. The molecule has 0 aromatic heterocycles. The van der Waals surface area contributed by atoms with E-state index >= 15 is 0 Å². The first-order valence-corrected chi connectivity index (χ1v) is 23.2. The van der Waals surface area contributed by atoms with Crippen LogP contribution in [0.15, 0.2) is 46.6 Å². The standard InChI is InChI=1S/C38H68O4Si2/c1-14-33-23-19-24-34-30(7)21-20-26-38(33,34)36(39)40-28-32(31(8)27-41-44(15-2,16-3)17-4)22-18-25-35(29(5)6)42-43(12,13)37(9,10)11/h14,23,29,35H,1,15-22,24-28H2,2-13H3/b32-31-/t35?,38-/m0/s1. The Morgan fingerprint density at radius 1 is 1.09 bits per heavy atom. The minimum Gasteiger partial charge on any atom is -0.460 e. The molecule has 4 nitrogen and oxygen atoms in total. The molecule has 0 fully saturated rings. The number of hydrogen-bond donors (Lipinski definition) is 0. The quantitative estimate of drug-likeness (QED) is 0.0898. The minimum absolute atomic E-state index is 0.0932. The predicted octanol–water partition coefficient (Wildman–Crippen LogP) is 11.5. The maximum atomic E-state index is 14.2. The molecule has 2 aliphatic carbocycles. The van der Waals surface area contributed by atoms with Crippen LogP contribution >= 0.6 is 0 Å². The van der Waals surface area contributed by atoms with Crippen molar-refractivity contribution in [1.82, 2.24) is 0 Å². The van der Waals surface area contributed by atoms with E-state index in [1.54, 1.807) is 0 Å². The second-order valence-electron chi connectivity index (χ2n) is 15.5. The van der Waals surface area contributed by atoms with Gasteiger partial charge in [-0.05, 0) is 130 Å².